The summed E-state index contributed by atoms with van der Waals surface area (Å²) in [5, 5.41) is 21.5. The van der Waals surface area contributed by atoms with Crippen LogP contribution >= 0.6 is 11.6 Å². The van der Waals surface area contributed by atoms with Gasteiger partial charge in [0.15, 0.2) is 5.75 Å². The Morgan fingerprint density at radius 1 is 0.938 bits per heavy atom. The molecule has 4 heteroatoms. The highest BCUT2D eigenvalue weighted by Crippen LogP contribution is 2.37. The molecule has 1 aromatic heterocycles. The molecule has 0 aliphatic heterocycles. The highest BCUT2D eigenvalue weighted by Gasteiger charge is 2.11. The average molecular weight is 234 g/mol. The smallest absolute Gasteiger partial charge is 0.158 e. The number of nitrogens with one attached hydrogen (secondary N) is 1. The van der Waals surface area contributed by atoms with Gasteiger partial charge in [-0.05, 0) is 12.1 Å². The molecule has 0 saturated heterocycles. The van der Waals surface area contributed by atoms with Gasteiger partial charge in [-0.1, -0.05) is 29.8 Å². The van der Waals surface area contributed by atoms with Crippen molar-refractivity contribution < 1.29 is 10.2 Å². The van der Waals surface area contributed by atoms with E-state index in [1.54, 1.807) is 18.2 Å². The second-order valence-corrected chi connectivity index (χ2v) is 4.05. The standard InChI is InChI=1S/C12H8ClNO2/c13-8-5-4-7-6-2-1-3-9(15)10(6)14-11(7)12(8)16/h1-5,14-16H. The van der Waals surface area contributed by atoms with Gasteiger partial charge in [0.2, 0.25) is 0 Å². The van der Waals surface area contributed by atoms with Gasteiger partial charge in [0.25, 0.3) is 0 Å². The number of aromatic nitrogens is 1. The van der Waals surface area contributed by atoms with Gasteiger partial charge in [-0.15, -0.1) is 0 Å². The van der Waals surface area contributed by atoms with Crippen LogP contribution in [0.25, 0.3) is 21.8 Å². The molecule has 0 saturated carbocycles. The Morgan fingerprint density at radius 2 is 1.69 bits per heavy atom. The van der Waals surface area contributed by atoms with E-state index in [4.69, 9.17) is 11.6 Å². The van der Waals surface area contributed by atoms with E-state index in [1.807, 2.05) is 12.1 Å². The van der Waals surface area contributed by atoms with Crippen LogP contribution in [-0.2, 0) is 0 Å². The first kappa shape index (κ1) is 9.36. The van der Waals surface area contributed by atoms with E-state index in [9.17, 15) is 10.2 Å². The minimum absolute atomic E-state index is 0.00904. The Morgan fingerprint density at radius 3 is 2.50 bits per heavy atom. The summed E-state index contributed by atoms with van der Waals surface area (Å²) in [5.41, 5.74) is 1.15. The molecule has 80 valence electrons. The lowest BCUT2D eigenvalue weighted by Gasteiger charge is -1.97. The van der Waals surface area contributed by atoms with Gasteiger partial charge >= 0.3 is 0 Å². The first-order chi connectivity index (χ1) is 7.68. The molecule has 0 aliphatic carbocycles. The monoisotopic (exact) mass is 233 g/mol. The number of hydrogen-bond donors (Lipinski definition) is 3. The summed E-state index contributed by atoms with van der Waals surface area (Å²) in [6.45, 7) is 0. The number of halogens is 1. The van der Waals surface area contributed by atoms with E-state index >= 15 is 0 Å². The highest BCUT2D eigenvalue weighted by atomic mass is 35.5. The van der Waals surface area contributed by atoms with Crippen molar-refractivity contribution in [3.8, 4) is 11.5 Å². The summed E-state index contributed by atoms with van der Waals surface area (Å²) in [6, 6.07) is 8.68. The third kappa shape index (κ3) is 1.09. The number of hydrogen-bond acceptors (Lipinski definition) is 2. The topological polar surface area (TPSA) is 56.2 Å². The van der Waals surface area contributed by atoms with Crippen molar-refractivity contribution in [2.24, 2.45) is 0 Å². The molecule has 0 bridgehead atoms. The summed E-state index contributed by atoms with van der Waals surface area (Å²) >= 11 is 5.82. The summed E-state index contributed by atoms with van der Waals surface area (Å²) in [6.07, 6.45) is 0. The van der Waals surface area contributed by atoms with Crippen molar-refractivity contribution in [3.63, 3.8) is 0 Å². The lowest BCUT2D eigenvalue weighted by atomic mass is 10.1. The summed E-state index contributed by atoms with van der Waals surface area (Å²) < 4.78 is 0. The van der Waals surface area contributed by atoms with Crippen molar-refractivity contribution in [2.75, 3.05) is 0 Å². The molecule has 0 spiro atoms. The molecule has 0 atom stereocenters. The molecule has 0 radical (unpaired) electrons. The molecule has 1 heterocycles. The van der Waals surface area contributed by atoms with Crippen LogP contribution in [-0.4, -0.2) is 15.2 Å². The van der Waals surface area contributed by atoms with Crippen molar-refractivity contribution in [2.45, 2.75) is 0 Å². The molecular formula is C12H8ClNO2. The molecule has 3 aromatic rings. The van der Waals surface area contributed by atoms with E-state index in [-0.39, 0.29) is 11.5 Å². The third-order valence-corrected chi connectivity index (χ3v) is 3.02. The van der Waals surface area contributed by atoms with Crippen LogP contribution in [0.3, 0.4) is 0 Å². The number of fused-ring (bicyclic) bond motifs is 3. The van der Waals surface area contributed by atoms with Gasteiger partial charge in [-0.2, -0.15) is 0 Å². The highest BCUT2D eigenvalue weighted by molar-refractivity contribution is 6.33. The van der Waals surface area contributed by atoms with Crippen molar-refractivity contribution in [1.29, 1.82) is 0 Å². The number of aromatic hydroxyl groups is 2. The summed E-state index contributed by atoms with van der Waals surface area (Å²) in [7, 11) is 0. The molecule has 0 aliphatic rings. The van der Waals surface area contributed by atoms with Crippen LogP contribution in [0.5, 0.6) is 11.5 Å². The molecule has 3 N–H and O–H groups in total. The van der Waals surface area contributed by atoms with E-state index in [0.717, 1.165) is 10.8 Å². The van der Waals surface area contributed by atoms with Gasteiger partial charge in [0, 0.05) is 10.8 Å². The van der Waals surface area contributed by atoms with E-state index in [0.29, 0.717) is 16.1 Å². The first-order valence-corrected chi connectivity index (χ1v) is 5.17. The lowest BCUT2D eigenvalue weighted by molar-refractivity contribution is 0.479. The summed E-state index contributed by atoms with van der Waals surface area (Å²) in [5.74, 6) is 0.166. The fourth-order valence-corrected chi connectivity index (χ4v) is 2.10. The van der Waals surface area contributed by atoms with Gasteiger partial charge in [0.1, 0.15) is 5.75 Å². The van der Waals surface area contributed by atoms with Crippen LogP contribution in [0, 0.1) is 0 Å². The molecule has 0 fully saturated rings. The number of para-hydroxylation sites is 1. The van der Waals surface area contributed by atoms with Crippen molar-refractivity contribution >= 4 is 33.4 Å². The van der Waals surface area contributed by atoms with Crippen LogP contribution in [0.4, 0.5) is 0 Å². The average Bonchev–Trinajstić information content (AvgIpc) is 2.65. The molecule has 3 rings (SSSR count). The van der Waals surface area contributed by atoms with Crippen LogP contribution in [0.1, 0.15) is 0 Å². The Bertz CT molecular complexity index is 703. The number of rotatable bonds is 0. The van der Waals surface area contributed by atoms with Crippen LogP contribution < -0.4 is 0 Å². The predicted octanol–water partition coefficient (Wildman–Crippen LogP) is 3.39. The maximum atomic E-state index is 9.81. The number of phenolic OH excluding ortho intramolecular Hbond substituents is 2. The second kappa shape index (κ2) is 3.06. The SMILES string of the molecule is Oc1cccc2c1[nH]c1c(O)c(Cl)ccc12. The fourth-order valence-electron chi connectivity index (χ4n) is 1.94. The van der Waals surface area contributed by atoms with E-state index < -0.39 is 0 Å². The number of aromatic amines is 1. The Labute approximate surface area is 95.9 Å². The quantitative estimate of drug-likeness (QED) is 0.558. The minimum Gasteiger partial charge on any atom is -0.506 e. The Balaban J connectivity index is 2.60. The van der Waals surface area contributed by atoms with Gasteiger partial charge in [0.05, 0.1) is 16.1 Å². The molecule has 3 nitrogen and oxygen atoms in total. The number of H-pyrrole nitrogens is 1. The Hall–Kier alpha value is -1.87. The van der Waals surface area contributed by atoms with E-state index in [1.165, 1.54) is 0 Å². The van der Waals surface area contributed by atoms with Gasteiger partial charge in [-0.3, -0.25) is 0 Å². The normalized spacial score (nSPS) is 11.3. The molecule has 0 unspecified atom stereocenters. The maximum Gasteiger partial charge on any atom is 0.158 e. The third-order valence-electron chi connectivity index (χ3n) is 2.71. The zero-order valence-corrected chi connectivity index (χ0v) is 8.92. The molecular weight excluding hydrogens is 226 g/mol. The molecule has 2 aromatic carbocycles. The van der Waals surface area contributed by atoms with Crippen molar-refractivity contribution in [1.82, 2.24) is 4.98 Å². The van der Waals surface area contributed by atoms with E-state index in [2.05, 4.69) is 4.98 Å². The lowest BCUT2D eigenvalue weighted by Crippen LogP contribution is -1.71. The second-order valence-electron chi connectivity index (χ2n) is 3.64. The zero-order valence-electron chi connectivity index (χ0n) is 8.16. The molecule has 0 amide bonds. The van der Waals surface area contributed by atoms with Crippen LogP contribution in [0.2, 0.25) is 5.02 Å². The van der Waals surface area contributed by atoms with Gasteiger partial charge in [-0.25, -0.2) is 0 Å². The maximum absolute atomic E-state index is 9.81. The van der Waals surface area contributed by atoms with Crippen molar-refractivity contribution in [3.05, 3.63) is 35.4 Å². The number of phenols is 2. The Kier molecular flexibility index (Phi) is 1.79. The zero-order chi connectivity index (χ0) is 11.3. The van der Waals surface area contributed by atoms with Gasteiger partial charge < -0.3 is 15.2 Å². The molecule has 16 heavy (non-hydrogen) atoms. The first-order valence-electron chi connectivity index (χ1n) is 4.79. The minimum atomic E-state index is 0.00904. The fraction of sp³-hybridized carbons (Fsp3) is 0. The largest absolute Gasteiger partial charge is 0.506 e. The van der Waals surface area contributed by atoms with Crippen LogP contribution in [0.15, 0.2) is 30.3 Å². The predicted molar refractivity (Wildman–Crippen MR) is 64.1 cm³/mol. The summed E-state index contributed by atoms with van der Waals surface area (Å²) in [4.78, 5) is 2.97. The number of benzene rings is 2.